The van der Waals surface area contributed by atoms with Gasteiger partial charge in [-0.3, -0.25) is 0 Å². The molecule has 1 aliphatic heterocycles. The molecule has 0 N–H and O–H groups in total. The molecule has 0 spiro atoms. The van der Waals surface area contributed by atoms with E-state index in [0.717, 1.165) is 29.1 Å². The maximum absolute atomic E-state index is 6.34. The summed E-state index contributed by atoms with van der Waals surface area (Å²) in [6, 6.07) is 7.00. The van der Waals surface area contributed by atoms with E-state index in [-0.39, 0.29) is 12.2 Å². The standard InChI is InChI=1S/C23H26ClN3OS/c1-13-11-27(12-14(2)28-13)21-20-19(15(3)29-22(20)26-23(24)25-21)18-9-8-16-6-4-5-7-17(16)10-18/h8-10,13-14H,4-7,11-12H2,1-3H3. The van der Waals surface area contributed by atoms with Crippen LogP contribution in [0.3, 0.4) is 0 Å². The summed E-state index contributed by atoms with van der Waals surface area (Å²) in [5.74, 6) is 0.944. The Bertz CT molecular complexity index is 1070. The van der Waals surface area contributed by atoms with Gasteiger partial charge in [0.05, 0.1) is 17.6 Å². The number of hydrogen-bond donors (Lipinski definition) is 0. The Kier molecular flexibility index (Phi) is 5.01. The summed E-state index contributed by atoms with van der Waals surface area (Å²) >= 11 is 8.06. The molecular weight excluding hydrogens is 402 g/mol. The molecule has 152 valence electrons. The van der Waals surface area contributed by atoms with Gasteiger partial charge in [0.25, 0.3) is 0 Å². The SMILES string of the molecule is Cc1sc2nc(Cl)nc(N3CC(C)OC(C)C3)c2c1-c1ccc2c(c1)CCCC2. The molecule has 1 aromatic carbocycles. The minimum Gasteiger partial charge on any atom is -0.372 e. The molecule has 1 saturated heterocycles. The average Bonchev–Trinajstić information content (AvgIpc) is 3.01. The molecule has 0 amide bonds. The lowest BCUT2D eigenvalue weighted by atomic mass is 9.89. The minimum atomic E-state index is 0.162. The lowest BCUT2D eigenvalue weighted by molar-refractivity contribution is -0.00537. The van der Waals surface area contributed by atoms with Crippen molar-refractivity contribution < 1.29 is 4.74 Å². The number of nitrogens with zero attached hydrogens (tertiary/aromatic N) is 3. The maximum atomic E-state index is 6.34. The molecule has 0 bridgehead atoms. The Morgan fingerprint density at radius 3 is 2.55 bits per heavy atom. The first-order valence-corrected chi connectivity index (χ1v) is 11.7. The van der Waals surface area contributed by atoms with Gasteiger partial charge in [0.15, 0.2) is 0 Å². The molecule has 2 aromatic heterocycles. The van der Waals surface area contributed by atoms with E-state index in [0.29, 0.717) is 5.28 Å². The smallest absolute Gasteiger partial charge is 0.225 e. The van der Waals surface area contributed by atoms with Crippen molar-refractivity contribution >= 4 is 39.0 Å². The highest BCUT2D eigenvalue weighted by Gasteiger charge is 2.28. The van der Waals surface area contributed by atoms with E-state index in [9.17, 15) is 0 Å². The summed E-state index contributed by atoms with van der Waals surface area (Å²) in [6.45, 7) is 8.04. The molecule has 5 rings (SSSR count). The van der Waals surface area contributed by atoms with Gasteiger partial charge >= 0.3 is 0 Å². The van der Waals surface area contributed by atoms with Gasteiger partial charge in [-0.15, -0.1) is 11.3 Å². The van der Waals surface area contributed by atoms with Crippen LogP contribution in [0.4, 0.5) is 5.82 Å². The highest BCUT2D eigenvalue weighted by molar-refractivity contribution is 7.19. The van der Waals surface area contributed by atoms with E-state index in [1.807, 2.05) is 0 Å². The van der Waals surface area contributed by atoms with E-state index in [1.165, 1.54) is 52.8 Å². The number of benzene rings is 1. The molecular formula is C23H26ClN3OS. The summed E-state index contributed by atoms with van der Waals surface area (Å²) < 4.78 is 5.95. The van der Waals surface area contributed by atoms with Crippen molar-refractivity contribution in [2.45, 2.75) is 58.7 Å². The molecule has 3 aromatic rings. The molecule has 3 heterocycles. The number of thiophene rings is 1. The average molecular weight is 428 g/mol. The number of hydrogen-bond acceptors (Lipinski definition) is 5. The normalized spacial score (nSPS) is 22.1. The zero-order valence-corrected chi connectivity index (χ0v) is 18.7. The van der Waals surface area contributed by atoms with Crippen LogP contribution in [0.5, 0.6) is 0 Å². The zero-order chi connectivity index (χ0) is 20.1. The molecule has 29 heavy (non-hydrogen) atoms. The molecule has 2 atom stereocenters. The third-order valence-electron chi connectivity index (χ3n) is 6.04. The van der Waals surface area contributed by atoms with Crippen molar-refractivity contribution in [1.82, 2.24) is 9.97 Å². The Hall–Kier alpha value is -1.69. The number of morpholine rings is 1. The molecule has 0 radical (unpaired) electrons. The Morgan fingerprint density at radius 1 is 1.07 bits per heavy atom. The maximum Gasteiger partial charge on any atom is 0.225 e. The van der Waals surface area contributed by atoms with Crippen LogP contribution in [0.2, 0.25) is 5.28 Å². The van der Waals surface area contributed by atoms with Crippen LogP contribution in [0.25, 0.3) is 21.3 Å². The van der Waals surface area contributed by atoms with Gasteiger partial charge in [0.2, 0.25) is 5.28 Å². The Labute approximate surface area is 180 Å². The second-order valence-corrected chi connectivity index (χ2v) is 9.92. The van der Waals surface area contributed by atoms with E-state index in [1.54, 1.807) is 11.3 Å². The minimum absolute atomic E-state index is 0.162. The summed E-state index contributed by atoms with van der Waals surface area (Å²) in [6.07, 6.45) is 5.29. The fraction of sp³-hybridized carbons (Fsp3) is 0.478. The van der Waals surface area contributed by atoms with Gasteiger partial charge in [0, 0.05) is 23.5 Å². The first-order chi connectivity index (χ1) is 14.0. The number of aryl methyl sites for hydroxylation is 3. The van der Waals surface area contributed by atoms with Crippen LogP contribution >= 0.6 is 22.9 Å². The van der Waals surface area contributed by atoms with Crippen LogP contribution in [-0.4, -0.2) is 35.3 Å². The Morgan fingerprint density at radius 2 is 1.79 bits per heavy atom. The predicted octanol–water partition coefficient (Wildman–Crippen LogP) is 5.81. The highest BCUT2D eigenvalue weighted by Crippen LogP contribution is 2.43. The lowest BCUT2D eigenvalue weighted by Crippen LogP contribution is -2.46. The van der Waals surface area contributed by atoms with E-state index in [2.05, 4.69) is 48.9 Å². The molecule has 1 aliphatic carbocycles. The van der Waals surface area contributed by atoms with Gasteiger partial charge in [-0.2, -0.15) is 4.98 Å². The molecule has 2 unspecified atom stereocenters. The van der Waals surface area contributed by atoms with Gasteiger partial charge < -0.3 is 9.64 Å². The van der Waals surface area contributed by atoms with Crippen LogP contribution in [0.15, 0.2) is 18.2 Å². The van der Waals surface area contributed by atoms with Crippen LogP contribution in [0.1, 0.15) is 42.7 Å². The van der Waals surface area contributed by atoms with Gasteiger partial charge in [-0.05, 0) is 74.7 Å². The lowest BCUT2D eigenvalue weighted by Gasteiger charge is -2.36. The second kappa shape index (κ2) is 7.53. The van der Waals surface area contributed by atoms with Gasteiger partial charge in [-0.25, -0.2) is 4.98 Å². The quantitative estimate of drug-likeness (QED) is 0.483. The van der Waals surface area contributed by atoms with Crippen molar-refractivity contribution in [3.8, 4) is 11.1 Å². The van der Waals surface area contributed by atoms with Crippen molar-refractivity contribution in [1.29, 1.82) is 0 Å². The predicted molar refractivity (Wildman–Crippen MR) is 121 cm³/mol. The van der Waals surface area contributed by atoms with E-state index >= 15 is 0 Å². The van der Waals surface area contributed by atoms with Gasteiger partial charge in [-0.1, -0.05) is 18.2 Å². The number of halogens is 1. The number of fused-ring (bicyclic) bond motifs is 2. The number of ether oxygens (including phenoxy) is 1. The molecule has 0 saturated carbocycles. The van der Waals surface area contributed by atoms with E-state index in [4.69, 9.17) is 21.3 Å². The number of aromatic nitrogens is 2. The number of anilines is 1. The fourth-order valence-corrected chi connectivity index (χ4v) is 6.14. The topological polar surface area (TPSA) is 38.2 Å². The first kappa shape index (κ1) is 19.3. The first-order valence-electron chi connectivity index (χ1n) is 10.5. The summed E-state index contributed by atoms with van der Waals surface area (Å²) in [7, 11) is 0. The highest BCUT2D eigenvalue weighted by atomic mass is 35.5. The second-order valence-electron chi connectivity index (χ2n) is 8.38. The van der Waals surface area contributed by atoms with Gasteiger partial charge in [0.1, 0.15) is 10.6 Å². The van der Waals surface area contributed by atoms with Crippen LogP contribution in [0, 0.1) is 6.92 Å². The van der Waals surface area contributed by atoms with Crippen molar-refractivity contribution in [3.63, 3.8) is 0 Å². The summed E-state index contributed by atoms with van der Waals surface area (Å²) in [5, 5.41) is 1.45. The molecule has 2 aliphatic rings. The van der Waals surface area contributed by atoms with E-state index < -0.39 is 0 Å². The van der Waals surface area contributed by atoms with Crippen molar-refractivity contribution in [2.75, 3.05) is 18.0 Å². The van der Waals surface area contributed by atoms with Crippen LogP contribution in [-0.2, 0) is 17.6 Å². The third kappa shape index (κ3) is 3.54. The molecule has 1 fully saturated rings. The monoisotopic (exact) mass is 427 g/mol. The third-order valence-corrected chi connectivity index (χ3v) is 7.21. The van der Waals surface area contributed by atoms with Crippen molar-refractivity contribution in [2.24, 2.45) is 0 Å². The summed E-state index contributed by atoms with van der Waals surface area (Å²) in [5.41, 5.74) is 5.54. The molecule has 6 heteroatoms. The number of rotatable bonds is 2. The van der Waals surface area contributed by atoms with Crippen LogP contribution < -0.4 is 4.90 Å². The molecule has 4 nitrogen and oxygen atoms in total. The fourth-order valence-electron chi connectivity index (χ4n) is 4.88. The Balaban J connectivity index is 1.69. The zero-order valence-electron chi connectivity index (χ0n) is 17.2. The van der Waals surface area contributed by atoms with Crippen molar-refractivity contribution in [3.05, 3.63) is 39.5 Å². The summed E-state index contributed by atoms with van der Waals surface area (Å²) in [4.78, 5) is 13.8. The largest absolute Gasteiger partial charge is 0.372 e.